The molecular weight excluding hydrogens is 444 g/mol. The normalized spacial score (nSPS) is 22.4. The predicted molar refractivity (Wildman–Crippen MR) is 122 cm³/mol. The third kappa shape index (κ3) is 4.54. The summed E-state index contributed by atoms with van der Waals surface area (Å²) in [6.45, 7) is 0.910. The minimum Gasteiger partial charge on any atom is -0.321 e. The summed E-state index contributed by atoms with van der Waals surface area (Å²) in [6.07, 6.45) is 5.09. The molecule has 10 nitrogen and oxygen atoms in total. The van der Waals surface area contributed by atoms with Crippen LogP contribution in [0.4, 0.5) is 5.69 Å². The molecule has 2 amide bonds. The number of carbonyl (C=O) groups is 2. The zero-order valence-corrected chi connectivity index (χ0v) is 19.1. The quantitative estimate of drug-likeness (QED) is 0.726. The van der Waals surface area contributed by atoms with E-state index in [9.17, 15) is 18.0 Å². The van der Waals surface area contributed by atoms with E-state index in [1.54, 1.807) is 12.1 Å². The van der Waals surface area contributed by atoms with Crippen LogP contribution in [-0.2, 0) is 32.4 Å². The summed E-state index contributed by atoms with van der Waals surface area (Å²) >= 11 is 0. The molecule has 174 valence electrons. The van der Waals surface area contributed by atoms with E-state index in [-0.39, 0.29) is 36.0 Å². The second-order valence-corrected chi connectivity index (χ2v) is 11.0. The van der Waals surface area contributed by atoms with E-state index in [1.807, 2.05) is 12.1 Å². The lowest BCUT2D eigenvalue weighted by Gasteiger charge is -2.27. The van der Waals surface area contributed by atoms with E-state index in [4.69, 9.17) is 0 Å². The van der Waals surface area contributed by atoms with Crippen LogP contribution in [0.1, 0.15) is 44.3 Å². The highest BCUT2D eigenvalue weighted by atomic mass is 32.2. The number of rotatable bonds is 4. The Hall–Kier alpha value is -3.08. The van der Waals surface area contributed by atoms with Crippen molar-refractivity contribution in [3.63, 3.8) is 0 Å². The van der Waals surface area contributed by atoms with Crippen molar-refractivity contribution in [1.29, 1.82) is 0 Å². The standard InChI is InChI=1S/C22H26N6O4S/c29-20-10-9-18(26-28(20)17-11-13-33(31,32)14-17)22(30)23-16-7-5-15(6-8-16)21-25-24-19-4-2-1-3-12-27(19)21/h5-8,17H,1-4,9-14H2,(H,23,30)/t17-/m1/s1. The molecule has 4 heterocycles. The minimum absolute atomic E-state index is 0.0418. The molecular formula is C22H26N6O4S. The maximum atomic E-state index is 12.8. The number of hydrogen-bond acceptors (Lipinski definition) is 7. The van der Waals surface area contributed by atoms with Crippen molar-refractivity contribution in [3.8, 4) is 11.4 Å². The van der Waals surface area contributed by atoms with E-state index >= 15 is 0 Å². The van der Waals surface area contributed by atoms with Gasteiger partial charge in [0.15, 0.2) is 15.7 Å². The first kappa shape index (κ1) is 21.7. The molecule has 1 fully saturated rings. The number of hydrazone groups is 1. The van der Waals surface area contributed by atoms with Gasteiger partial charge in [0.05, 0.1) is 17.5 Å². The number of benzene rings is 1. The number of hydrogen-bond donors (Lipinski definition) is 1. The Balaban J connectivity index is 1.29. The molecule has 0 unspecified atom stereocenters. The third-order valence-corrected chi connectivity index (χ3v) is 8.14. The lowest BCUT2D eigenvalue weighted by Crippen LogP contribution is -2.42. The fourth-order valence-electron chi connectivity index (χ4n) is 4.59. The topological polar surface area (TPSA) is 127 Å². The van der Waals surface area contributed by atoms with Gasteiger partial charge in [0, 0.05) is 37.1 Å². The van der Waals surface area contributed by atoms with Crippen molar-refractivity contribution in [2.24, 2.45) is 5.10 Å². The Morgan fingerprint density at radius 3 is 2.61 bits per heavy atom. The largest absolute Gasteiger partial charge is 0.321 e. The van der Waals surface area contributed by atoms with Gasteiger partial charge in [-0.05, 0) is 43.5 Å². The van der Waals surface area contributed by atoms with Crippen molar-refractivity contribution in [3.05, 3.63) is 30.1 Å². The number of carbonyl (C=O) groups excluding carboxylic acids is 2. The van der Waals surface area contributed by atoms with Crippen LogP contribution in [0.15, 0.2) is 29.4 Å². The van der Waals surface area contributed by atoms with Crippen LogP contribution in [0, 0.1) is 0 Å². The zero-order chi connectivity index (χ0) is 23.0. The fraction of sp³-hybridized carbons (Fsp3) is 0.500. The van der Waals surface area contributed by atoms with Crippen molar-refractivity contribution in [2.45, 2.75) is 57.5 Å². The molecule has 11 heteroatoms. The van der Waals surface area contributed by atoms with Crippen LogP contribution in [0.3, 0.4) is 0 Å². The number of aryl methyl sites for hydroxylation is 1. The molecule has 1 N–H and O–H groups in total. The maximum Gasteiger partial charge on any atom is 0.271 e. The number of fused-ring (bicyclic) bond motifs is 1. The Kier molecular flexibility index (Phi) is 5.73. The predicted octanol–water partition coefficient (Wildman–Crippen LogP) is 1.78. The molecule has 0 aliphatic carbocycles. The highest BCUT2D eigenvalue weighted by Gasteiger charge is 2.37. The number of amides is 2. The molecule has 2 aromatic rings. The number of nitrogens with zero attached hydrogens (tertiary/aromatic N) is 5. The average molecular weight is 471 g/mol. The molecule has 1 atom stereocenters. The molecule has 0 radical (unpaired) electrons. The SMILES string of the molecule is O=C(Nc1ccc(-c2nnc3n2CCCCC3)cc1)C1=NN([C@@H]2CCS(=O)(=O)C2)C(=O)CC1. The molecule has 0 saturated carbocycles. The van der Waals surface area contributed by atoms with E-state index in [1.165, 1.54) is 11.4 Å². The zero-order valence-electron chi connectivity index (χ0n) is 18.2. The van der Waals surface area contributed by atoms with Crippen LogP contribution < -0.4 is 5.32 Å². The highest BCUT2D eigenvalue weighted by Crippen LogP contribution is 2.25. The number of aromatic nitrogens is 3. The van der Waals surface area contributed by atoms with Crippen molar-refractivity contribution >= 4 is 33.1 Å². The lowest BCUT2D eigenvalue weighted by molar-refractivity contribution is -0.133. The monoisotopic (exact) mass is 470 g/mol. The van der Waals surface area contributed by atoms with Gasteiger partial charge >= 0.3 is 0 Å². The van der Waals surface area contributed by atoms with Crippen molar-refractivity contribution in [2.75, 3.05) is 16.8 Å². The van der Waals surface area contributed by atoms with Crippen LogP contribution in [0.25, 0.3) is 11.4 Å². The second kappa shape index (κ2) is 8.69. The van der Waals surface area contributed by atoms with Gasteiger partial charge in [-0.15, -0.1) is 10.2 Å². The van der Waals surface area contributed by atoms with Gasteiger partial charge in [0.25, 0.3) is 5.91 Å². The van der Waals surface area contributed by atoms with Crippen LogP contribution >= 0.6 is 0 Å². The average Bonchev–Trinajstić information content (AvgIpc) is 3.28. The number of anilines is 1. The van der Waals surface area contributed by atoms with Gasteiger partial charge in [0.1, 0.15) is 11.5 Å². The second-order valence-electron chi connectivity index (χ2n) is 8.78. The van der Waals surface area contributed by atoms with Crippen LogP contribution in [-0.4, -0.2) is 63.3 Å². The molecule has 3 aliphatic heterocycles. The van der Waals surface area contributed by atoms with E-state index in [0.29, 0.717) is 12.1 Å². The molecule has 1 saturated heterocycles. The summed E-state index contributed by atoms with van der Waals surface area (Å²) in [6, 6.07) is 6.92. The summed E-state index contributed by atoms with van der Waals surface area (Å²) in [5, 5.41) is 17.0. The highest BCUT2D eigenvalue weighted by molar-refractivity contribution is 7.91. The molecule has 1 aromatic heterocycles. The molecule has 0 bridgehead atoms. The van der Waals surface area contributed by atoms with Gasteiger partial charge in [0.2, 0.25) is 5.91 Å². The number of nitrogens with one attached hydrogen (secondary N) is 1. The first-order chi connectivity index (χ1) is 15.9. The summed E-state index contributed by atoms with van der Waals surface area (Å²) < 4.78 is 25.7. The molecule has 3 aliphatic rings. The van der Waals surface area contributed by atoms with Gasteiger partial charge in [-0.1, -0.05) is 6.42 Å². The number of sulfone groups is 1. The molecule has 1 aromatic carbocycles. The van der Waals surface area contributed by atoms with Gasteiger partial charge in [-0.25, -0.2) is 13.4 Å². The smallest absolute Gasteiger partial charge is 0.271 e. The summed E-state index contributed by atoms with van der Waals surface area (Å²) in [5.41, 5.74) is 1.77. The minimum atomic E-state index is -3.16. The maximum absolute atomic E-state index is 12.8. The first-order valence-electron chi connectivity index (χ1n) is 11.3. The van der Waals surface area contributed by atoms with E-state index in [2.05, 4.69) is 25.2 Å². The van der Waals surface area contributed by atoms with Crippen LogP contribution in [0.2, 0.25) is 0 Å². The van der Waals surface area contributed by atoms with E-state index < -0.39 is 21.8 Å². The van der Waals surface area contributed by atoms with Gasteiger partial charge < -0.3 is 9.88 Å². The molecule has 5 rings (SSSR count). The molecule has 0 spiro atoms. The Morgan fingerprint density at radius 2 is 1.85 bits per heavy atom. The van der Waals surface area contributed by atoms with Gasteiger partial charge in [-0.3, -0.25) is 9.59 Å². The van der Waals surface area contributed by atoms with Gasteiger partial charge in [-0.2, -0.15) is 5.10 Å². The summed E-state index contributed by atoms with van der Waals surface area (Å²) in [4.78, 5) is 25.1. The Labute approximate surface area is 192 Å². The fourth-order valence-corrected chi connectivity index (χ4v) is 6.28. The Bertz CT molecular complexity index is 1220. The molecule has 33 heavy (non-hydrogen) atoms. The first-order valence-corrected chi connectivity index (χ1v) is 13.2. The van der Waals surface area contributed by atoms with Crippen molar-refractivity contribution < 1.29 is 18.0 Å². The summed E-state index contributed by atoms with van der Waals surface area (Å²) in [5.74, 6) is 1.15. The lowest BCUT2D eigenvalue weighted by atomic mass is 10.1. The third-order valence-electron chi connectivity index (χ3n) is 6.39. The Morgan fingerprint density at radius 1 is 1.03 bits per heavy atom. The van der Waals surface area contributed by atoms with E-state index in [0.717, 1.165) is 43.0 Å². The summed E-state index contributed by atoms with van der Waals surface area (Å²) in [7, 11) is -3.16. The van der Waals surface area contributed by atoms with Crippen LogP contribution in [0.5, 0.6) is 0 Å². The van der Waals surface area contributed by atoms with Crippen molar-refractivity contribution in [1.82, 2.24) is 19.8 Å².